The van der Waals surface area contributed by atoms with Crippen molar-refractivity contribution in [2.75, 3.05) is 0 Å². The summed E-state index contributed by atoms with van der Waals surface area (Å²) in [5.74, 6) is 2.30. The Kier molecular flexibility index (Phi) is 3.18. The summed E-state index contributed by atoms with van der Waals surface area (Å²) in [7, 11) is 0. The number of nitrogens with zero attached hydrogens (tertiary/aromatic N) is 2. The molecule has 6 heteroatoms. The number of pyridine rings is 1. The molecular formula is C16H15N3O2S. The second kappa shape index (κ2) is 5.21. The first-order chi connectivity index (χ1) is 10.7. The third-order valence-electron chi connectivity index (χ3n) is 3.44. The highest BCUT2D eigenvalue weighted by Crippen LogP contribution is 2.38. The maximum absolute atomic E-state index is 5.58. The van der Waals surface area contributed by atoms with Gasteiger partial charge in [0, 0.05) is 31.0 Å². The smallest absolute Gasteiger partial charge is 0.238 e. The first kappa shape index (κ1) is 13.5. The van der Waals surface area contributed by atoms with Crippen molar-refractivity contribution in [2.24, 2.45) is 0 Å². The fourth-order valence-electron chi connectivity index (χ4n) is 2.35. The minimum absolute atomic E-state index is 0.233. The largest absolute Gasteiger partial charge is 0.451 e. The van der Waals surface area contributed by atoms with Crippen molar-refractivity contribution in [2.45, 2.75) is 31.0 Å². The summed E-state index contributed by atoms with van der Waals surface area (Å²) in [6.07, 6.45) is 1.65. The first-order valence-corrected chi connectivity index (χ1v) is 8.07. The molecule has 1 atom stereocenters. The molecule has 0 fully saturated rings. The zero-order valence-corrected chi connectivity index (χ0v) is 13.1. The average Bonchev–Trinajstić information content (AvgIpc) is 3.04. The third kappa shape index (κ3) is 2.50. The standard InChI is InChI=1S/C16H15N3O2S/c1-9-3-4-11(17-7-9)8-22-16-18-12-5-14-15(6-13(12)19-16)21-10(2)20-14/h3-7,10H,8H2,1-2H3,(H,18,19). The van der Waals surface area contributed by atoms with E-state index in [1.54, 1.807) is 11.8 Å². The van der Waals surface area contributed by atoms with E-state index in [1.807, 2.05) is 38.2 Å². The van der Waals surface area contributed by atoms with Crippen LogP contribution in [0.3, 0.4) is 0 Å². The molecule has 1 aliphatic heterocycles. The summed E-state index contributed by atoms with van der Waals surface area (Å²) in [6, 6.07) is 7.97. The molecule has 0 amide bonds. The van der Waals surface area contributed by atoms with Gasteiger partial charge in [-0.25, -0.2) is 4.98 Å². The minimum atomic E-state index is -0.233. The van der Waals surface area contributed by atoms with Gasteiger partial charge in [-0.15, -0.1) is 0 Å². The molecule has 4 rings (SSSR count). The zero-order chi connectivity index (χ0) is 15.1. The Bertz CT molecular complexity index is 786. The van der Waals surface area contributed by atoms with Gasteiger partial charge in [0.2, 0.25) is 6.29 Å². The number of hydrogen-bond donors (Lipinski definition) is 1. The van der Waals surface area contributed by atoms with E-state index in [0.717, 1.165) is 39.1 Å². The number of benzene rings is 1. The van der Waals surface area contributed by atoms with Crippen LogP contribution in [0.2, 0.25) is 0 Å². The molecule has 2 aromatic heterocycles. The van der Waals surface area contributed by atoms with Crippen LogP contribution >= 0.6 is 11.8 Å². The van der Waals surface area contributed by atoms with E-state index in [0.29, 0.717) is 0 Å². The summed E-state index contributed by atoms with van der Waals surface area (Å²) in [6.45, 7) is 3.91. The molecule has 1 aromatic carbocycles. The molecule has 3 heterocycles. The summed E-state index contributed by atoms with van der Waals surface area (Å²) in [5.41, 5.74) is 4.05. The van der Waals surface area contributed by atoms with E-state index in [1.165, 1.54) is 5.56 Å². The molecule has 0 saturated heterocycles. The van der Waals surface area contributed by atoms with Gasteiger partial charge in [-0.2, -0.15) is 0 Å². The molecule has 1 N–H and O–H groups in total. The Balaban J connectivity index is 1.54. The van der Waals surface area contributed by atoms with Crippen molar-refractivity contribution in [3.63, 3.8) is 0 Å². The molecule has 0 bridgehead atoms. The predicted octanol–water partition coefficient (Wildman–Crippen LogP) is 3.68. The molecule has 3 aromatic rings. The van der Waals surface area contributed by atoms with Gasteiger partial charge in [0.1, 0.15) is 0 Å². The number of ether oxygens (including phenoxy) is 2. The Labute approximate surface area is 132 Å². The lowest BCUT2D eigenvalue weighted by Crippen LogP contribution is -2.11. The van der Waals surface area contributed by atoms with Crippen LogP contribution in [0.25, 0.3) is 11.0 Å². The maximum atomic E-state index is 5.58. The predicted molar refractivity (Wildman–Crippen MR) is 85.3 cm³/mol. The fraction of sp³-hybridized carbons (Fsp3) is 0.250. The number of fused-ring (bicyclic) bond motifs is 2. The van der Waals surface area contributed by atoms with E-state index >= 15 is 0 Å². The number of H-pyrrole nitrogens is 1. The second-order valence-electron chi connectivity index (χ2n) is 5.28. The molecular weight excluding hydrogens is 298 g/mol. The SMILES string of the molecule is Cc1ccc(CSc2nc3cc4c(cc3[nH]2)OC(C)O4)nc1. The van der Waals surface area contributed by atoms with E-state index in [4.69, 9.17) is 9.47 Å². The number of aromatic amines is 1. The zero-order valence-electron chi connectivity index (χ0n) is 12.3. The Morgan fingerprint density at radius 3 is 2.82 bits per heavy atom. The number of nitrogens with one attached hydrogen (secondary N) is 1. The number of hydrogen-bond acceptors (Lipinski definition) is 5. The van der Waals surface area contributed by atoms with Crippen molar-refractivity contribution < 1.29 is 9.47 Å². The monoisotopic (exact) mass is 313 g/mol. The van der Waals surface area contributed by atoms with Crippen LogP contribution < -0.4 is 9.47 Å². The van der Waals surface area contributed by atoms with Crippen LogP contribution in [0.1, 0.15) is 18.2 Å². The van der Waals surface area contributed by atoms with Crippen molar-refractivity contribution in [3.8, 4) is 11.5 Å². The number of aryl methyl sites for hydroxylation is 1. The molecule has 0 spiro atoms. The van der Waals surface area contributed by atoms with Gasteiger partial charge in [0.15, 0.2) is 16.7 Å². The molecule has 0 radical (unpaired) electrons. The Morgan fingerprint density at radius 2 is 2.05 bits per heavy atom. The van der Waals surface area contributed by atoms with Crippen molar-refractivity contribution >= 4 is 22.8 Å². The summed E-state index contributed by atoms with van der Waals surface area (Å²) < 4.78 is 11.1. The minimum Gasteiger partial charge on any atom is -0.451 e. The lowest BCUT2D eigenvalue weighted by molar-refractivity contribution is 0.0679. The van der Waals surface area contributed by atoms with Crippen LogP contribution in [0.15, 0.2) is 35.6 Å². The van der Waals surface area contributed by atoms with Crippen molar-refractivity contribution in [1.82, 2.24) is 15.0 Å². The summed E-state index contributed by atoms with van der Waals surface area (Å²) in [4.78, 5) is 12.3. The quantitative estimate of drug-likeness (QED) is 0.748. The van der Waals surface area contributed by atoms with Crippen LogP contribution in [0, 0.1) is 6.92 Å². The maximum Gasteiger partial charge on any atom is 0.238 e. The molecule has 1 aliphatic rings. The van der Waals surface area contributed by atoms with Crippen LogP contribution in [0.4, 0.5) is 0 Å². The van der Waals surface area contributed by atoms with Gasteiger partial charge in [-0.3, -0.25) is 4.98 Å². The lowest BCUT2D eigenvalue weighted by Gasteiger charge is -2.00. The highest BCUT2D eigenvalue weighted by atomic mass is 32.2. The number of thioether (sulfide) groups is 1. The van der Waals surface area contributed by atoms with E-state index in [2.05, 4.69) is 21.0 Å². The first-order valence-electron chi connectivity index (χ1n) is 7.09. The fourth-order valence-corrected chi connectivity index (χ4v) is 3.16. The van der Waals surface area contributed by atoms with Crippen LogP contribution in [-0.4, -0.2) is 21.2 Å². The topological polar surface area (TPSA) is 60.0 Å². The highest BCUT2D eigenvalue weighted by Gasteiger charge is 2.21. The normalized spacial score (nSPS) is 13.9. The molecule has 22 heavy (non-hydrogen) atoms. The van der Waals surface area contributed by atoms with Gasteiger partial charge in [0.25, 0.3) is 0 Å². The molecule has 5 nitrogen and oxygen atoms in total. The van der Waals surface area contributed by atoms with Crippen molar-refractivity contribution in [1.29, 1.82) is 0 Å². The Hall–Kier alpha value is -2.21. The molecule has 112 valence electrons. The number of rotatable bonds is 3. The highest BCUT2D eigenvalue weighted by molar-refractivity contribution is 7.98. The van der Waals surface area contributed by atoms with Gasteiger partial charge in [-0.1, -0.05) is 17.8 Å². The number of imidazole rings is 1. The van der Waals surface area contributed by atoms with Gasteiger partial charge in [0.05, 0.1) is 16.7 Å². The second-order valence-corrected chi connectivity index (χ2v) is 6.24. The van der Waals surface area contributed by atoms with E-state index < -0.39 is 0 Å². The molecule has 0 saturated carbocycles. The van der Waals surface area contributed by atoms with Crippen molar-refractivity contribution in [3.05, 3.63) is 41.7 Å². The third-order valence-corrected chi connectivity index (χ3v) is 4.35. The molecule has 0 aliphatic carbocycles. The summed E-state index contributed by atoms with van der Waals surface area (Å²) >= 11 is 1.63. The van der Waals surface area contributed by atoms with Gasteiger partial charge >= 0.3 is 0 Å². The van der Waals surface area contributed by atoms with E-state index in [-0.39, 0.29) is 6.29 Å². The van der Waals surface area contributed by atoms with E-state index in [9.17, 15) is 0 Å². The number of aromatic nitrogens is 3. The van der Waals surface area contributed by atoms with Gasteiger partial charge in [-0.05, 0) is 18.6 Å². The average molecular weight is 313 g/mol. The van der Waals surface area contributed by atoms with Crippen LogP contribution in [-0.2, 0) is 5.75 Å². The van der Waals surface area contributed by atoms with Crippen LogP contribution in [0.5, 0.6) is 11.5 Å². The Morgan fingerprint density at radius 1 is 1.23 bits per heavy atom. The summed E-state index contributed by atoms with van der Waals surface area (Å²) in [5, 5.41) is 0.870. The van der Waals surface area contributed by atoms with Gasteiger partial charge < -0.3 is 14.5 Å². The molecule has 1 unspecified atom stereocenters. The lowest BCUT2D eigenvalue weighted by atomic mass is 10.3.